The van der Waals surface area contributed by atoms with Crippen molar-refractivity contribution in [2.24, 2.45) is 16.7 Å². The van der Waals surface area contributed by atoms with Crippen molar-refractivity contribution in [2.75, 3.05) is 18.0 Å². The summed E-state index contributed by atoms with van der Waals surface area (Å²) in [7, 11) is 0. The van der Waals surface area contributed by atoms with Crippen molar-refractivity contribution in [1.29, 1.82) is 5.26 Å². The number of hydrogen-bond acceptors (Lipinski definition) is 10. The van der Waals surface area contributed by atoms with Crippen LogP contribution < -0.4 is 20.3 Å². The molecule has 314 valence electrons. The molecule has 15 heteroatoms. The molecule has 1 unspecified atom stereocenters. The van der Waals surface area contributed by atoms with E-state index < -0.39 is 35.5 Å². The van der Waals surface area contributed by atoms with Crippen molar-refractivity contribution in [3.63, 3.8) is 0 Å². The summed E-state index contributed by atoms with van der Waals surface area (Å²) in [5.74, 6) is 4.23. The van der Waals surface area contributed by atoms with Gasteiger partial charge in [0.15, 0.2) is 0 Å². The molecule has 1 atom stereocenters. The molecule has 5 heterocycles. The first kappa shape index (κ1) is 40.6. The number of pyridine rings is 1. The van der Waals surface area contributed by atoms with Gasteiger partial charge in [0.05, 0.1) is 45.2 Å². The number of fused-ring (bicyclic) bond motifs is 2. The molecular formula is C46H45ClFN7O6. The lowest BCUT2D eigenvalue weighted by Gasteiger charge is -2.65. The smallest absolute Gasteiger partial charge is 0.262 e. The Bertz CT molecular complexity index is 2510. The van der Waals surface area contributed by atoms with Crippen molar-refractivity contribution >= 4 is 46.8 Å². The van der Waals surface area contributed by atoms with Crippen LogP contribution >= 0.6 is 11.6 Å². The molecule has 0 spiro atoms. The van der Waals surface area contributed by atoms with Crippen molar-refractivity contribution in [3.05, 3.63) is 86.9 Å². The number of aromatic nitrogens is 1. The van der Waals surface area contributed by atoms with Crippen LogP contribution in [0.5, 0.6) is 5.75 Å². The van der Waals surface area contributed by atoms with E-state index in [1.165, 1.54) is 6.07 Å². The maximum atomic E-state index is 15.4. The summed E-state index contributed by atoms with van der Waals surface area (Å²) >= 11 is 6.28. The molecule has 2 saturated carbocycles. The molecule has 2 aliphatic carbocycles. The van der Waals surface area contributed by atoms with E-state index in [1.807, 2.05) is 21.9 Å². The highest BCUT2D eigenvalue weighted by Gasteiger charge is 2.67. The summed E-state index contributed by atoms with van der Waals surface area (Å²) in [5, 5.41) is 15.5. The van der Waals surface area contributed by atoms with E-state index >= 15 is 4.39 Å². The van der Waals surface area contributed by atoms with E-state index in [0.29, 0.717) is 53.3 Å². The largest absolute Gasteiger partial charge is 0.489 e. The maximum Gasteiger partial charge on any atom is 0.262 e. The number of nitriles is 1. The number of rotatable bonds is 7. The number of imide groups is 2. The third-order valence-electron chi connectivity index (χ3n) is 13.5. The molecule has 13 nitrogen and oxygen atoms in total. The molecule has 1 aromatic heterocycles. The van der Waals surface area contributed by atoms with Gasteiger partial charge in [0, 0.05) is 60.5 Å². The Morgan fingerprint density at radius 3 is 2.28 bits per heavy atom. The highest BCUT2D eigenvalue weighted by molar-refractivity contribution is 6.31. The van der Waals surface area contributed by atoms with Gasteiger partial charge in [-0.05, 0) is 74.4 Å². The number of benzene rings is 2. The van der Waals surface area contributed by atoms with Gasteiger partial charge in [0.25, 0.3) is 17.7 Å². The third-order valence-corrected chi connectivity index (χ3v) is 13.8. The molecule has 0 bridgehead atoms. The molecule has 5 amide bonds. The standard InChI is InChI=1S/C46H45ClFN7O6/c1-45(2)43(46(3,4)44(45)61-29-9-6-25(22-49)33(47)19-29)54-23-35-30(40(54)58)10-8-26(51-35)7-5-24-17-28(18-24)50-27-13-15-53(16-14-27)37-21-32-31(20-34(37)48)41(59)55(42(32)60)36-11-12-38(56)52-39(36)57/h6,8-10,19-21,24,27-28,36,43-44,50H,11-18,23H2,1-4H3,(H,52,56,57). The van der Waals surface area contributed by atoms with E-state index in [-0.39, 0.29) is 70.5 Å². The maximum absolute atomic E-state index is 15.4. The van der Waals surface area contributed by atoms with E-state index in [1.54, 1.807) is 18.2 Å². The lowest BCUT2D eigenvalue weighted by molar-refractivity contribution is -0.199. The number of halogens is 2. The second-order valence-corrected chi connectivity index (χ2v) is 18.7. The fourth-order valence-corrected chi connectivity index (χ4v) is 11.1. The van der Waals surface area contributed by atoms with E-state index in [4.69, 9.17) is 21.3 Å². The number of piperidine rings is 2. The number of carbonyl (C=O) groups excluding carboxylic acids is 5. The zero-order chi connectivity index (χ0) is 43.1. The lowest BCUT2D eigenvalue weighted by atomic mass is 9.49. The number of carbonyl (C=O) groups is 5. The predicted molar refractivity (Wildman–Crippen MR) is 221 cm³/mol. The van der Waals surface area contributed by atoms with E-state index in [9.17, 15) is 29.2 Å². The fourth-order valence-electron chi connectivity index (χ4n) is 10.9. The Morgan fingerprint density at radius 2 is 1.61 bits per heavy atom. The first-order valence-electron chi connectivity index (χ1n) is 20.8. The van der Waals surface area contributed by atoms with Crippen LogP contribution in [0.3, 0.4) is 0 Å². The van der Waals surface area contributed by atoms with Crippen LogP contribution in [-0.2, 0) is 16.1 Å². The first-order valence-corrected chi connectivity index (χ1v) is 21.2. The second-order valence-electron chi connectivity index (χ2n) is 18.3. The normalized spacial score (nSPS) is 26.4. The zero-order valence-corrected chi connectivity index (χ0v) is 35.1. The van der Waals surface area contributed by atoms with Crippen LogP contribution in [0, 0.1) is 45.7 Å². The summed E-state index contributed by atoms with van der Waals surface area (Å²) in [6.07, 6.45) is 3.16. The minimum absolute atomic E-state index is 0.0103. The number of ether oxygens (including phenoxy) is 1. The van der Waals surface area contributed by atoms with Crippen LogP contribution in [-0.4, -0.2) is 87.7 Å². The molecule has 2 saturated heterocycles. The molecule has 9 rings (SSSR count). The molecule has 4 fully saturated rings. The highest BCUT2D eigenvalue weighted by atomic mass is 35.5. The Hall–Kier alpha value is -5.83. The molecule has 61 heavy (non-hydrogen) atoms. The average molecular weight is 846 g/mol. The Balaban J connectivity index is 0.762. The number of nitrogens with one attached hydrogen (secondary N) is 2. The summed E-state index contributed by atoms with van der Waals surface area (Å²) in [6, 6.07) is 12.6. The highest BCUT2D eigenvalue weighted by Crippen LogP contribution is 2.59. The summed E-state index contributed by atoms with van der Waals surface area (Å²) < 4.78 is 21.9. The topological polar surface area (TPSA) is 165 Å². The number of hydrogen-bond donors (Lipinski definition) is 2. The Kier molecular flexibility index (Phi) is 9.95. The van der Waals surface area contributed by atoms with Gasteiger partial charge >= 0.3 is 0 Å². The van der Waals surface area contributed by atoms with E-state index in [2.05, 4.69) is 56.2 Å². The summed E-state index contributed by atoms with van der Waals surface area (Å²) in [4.78, 5) is 73.7. The minimum atomic E-state index is -1.11. The van der Waals surface area contributed by atoms with Crippen molar-refractivity contribution in [2.45, 2.75) is 103 Å². The SMILES string of the molecule is CC1(C)C(Oc2ccc(C#N)c(Cl)c2)C(C)(C)C1N1Cc2nc(C#CC3CC(NC4CCN(c5cc6c(cc5F)C(=O)N(C5CCC(=O)NC5=O)C6=O)CC4)C3)ccc2C1=O. The Morgan fingerprint density at radius 1 is 0.902 bits per heavy atom. The first-order chi connectivity index (χ1) is 29.0. The van der Waals surface area contributed by atoms with Crippen LogP contribution in [0.4, 0.5) is 10.1 Å². The molecule has 0 radical (unpaired) electrons. The van der Waals surface area contributed by atoms with Crippen molar-refractivity contribution < 1.29 is 33.1 Å². The molecule has 2 N–H and O–H groups in total. The van der Waals surface area contributed by atoms with Crippen LogP contribution in [0.1, 0.15) is 114 Å². The number of nitrogens with zero attached hydrogens (tertiary/aromatic N) is 5. The average Bonchev–Trinajstić information content (AvgIpc) is 3.64. The predicted octanol–water partition coefficient (Wildman–Crippen LogP) is 5.37. The second kappa shape index (κ2) is 15.0. The Labute approximate surface area is 357 Å². The molecule has 3 aromatic rings. The third kappa shape index (κ3) is 6.90. The summed E-state index contributed by atoms with van der Waals surface area (Å²) in [5.41, 5.74) is 1.81. The number of anilines is 1. The summed E-state index contributed by atoms with van der Waals surface area (Å²) in [6.45, 7) is 9.94. The van der Waals surface area contributed by atoms with Gasteiger partial charge in [-0.15, -0.1) is 0 Å². The van der Waals surface area contributed by atoms with E-state index in [0.717, 1.165) is 42.3 Å². The monoisotopic (exact) mass is 845 g/mol. The van der Waals surface area contributed by atoms with Crippen molar-refractivity contribution in [3.8, 4) is 23.7 Å². The van der Waals surface area contributed by atoms with Crippen LogP contribution in [0.2, 0.25) is 5.02 Å². The van der Waals surface area contributed by atoms with Gasteiger partial charge < -0.3 is 19.9 Å². The quantitative estimate of drug-likeness (QED) is 0.233. The van der Waals surface area contributed by atoms with Crippen LogP contribution in [0.25, 0.3) is 0 Å². The fraction of sp³-hybridized carbons (Fsp3) is 0.457. The zero-order valence-electron chi connectivity index (χ0n) is 34.3. The van der Waals surface area contributed by atoms with Crippen LogP contribution in [0.15, 0.2) is 42.5 Å². The van der Waals surface area contributed by atoms with Gasteiger partial charge in [-0.25, -0.2) is 9.37 Å². The molecule has 2 aromatic carbocycles. The molecule has 6 aliphatic rings. The van der Waals surface area contributed by atoms with Gasteiger partial charge in [0.1, 0.15) is 35.5 Å². The minimum Gasteiger partial charge on any atom is -0.489 e. The van der Waals surface area contributed by atoms with Gasteiger partial charge in [-0.1, -0.05) is 45.2 Å². The van der Waals surface area contributed by atoms with Gasteiger partial charge in [0.2, 0.25) is 11.8 Å². The van der Waals surface area contributed by atoms with Crippen molar-refractivity contribution in [1.82, 2.24) is 25.4 Å². The lowest BCUT2D eigenvalue weighted by Crippen LogP contribution is -2.74. The molecule has 4 aliphatic heterocycles. The van der Waals surface area contributed by atoms with Gasteiger partial charge in [-0.2, -0.15) is 5.26 Å². The molecular weight excluding hydrogens is 801 g/mol. The number of amides is 5. The van der Waals surface area contributed by atoms with Gasteiger partial charge in [-0.3, -0.25) is 34.2 Å².